The van der Waals surface area contributed by atoms with E-state index in [0.29, 0.717) is 17.7 Å². The highest BCUT2D eigenvalue weighted by atomic mass is 32.2. The highest BCUT2D eigenvalue weighted by molar-refractivity contribution is 7.99. The molecule has 0 aliphatic heterocycles. The van der Waals surface area contributed by atoms with Crippen molar-refractivity contribution in [3.05, 3.63) is 21.4 Å². The number of amides is 1. The topological polar surface area (TPSA) is 49.3 Å². The van der Waals surface area contributed by atoms with Crippen molar-refractivity contribution in [2.45, 2.75) is 43.9 Å². The zero-order chi connectivity index (χ0) is 15.2. The van der Waals surface area contributed by atoms with Crippen LogP contribution in [0.1, 0.15) is 45.8 Å². The Bertz CT molecular complexity index is 556. The molecular formula is C16H21NO2S2. The first-order valence-electron chi connectivity index (χ1n) is 7.18. The number of nitrogens with one attached hydrogen (secondary N) is 1. The number of rotatable bonds is 4. The van der Waals surface area contributed by atoms with Crippen molar-refractivity contribution in [3.8, 4) is 11.8 Å². The molecule has 1 aliphatic rings. The minimum absolute atomic E-state index is 0.0186. The minimum Gasteiger partial charge on any atom is -0.395 e. The number of thiophene rings is 1. The van der Waals surface area contributed by atoms with Gasteiger partial charge in [0.25, 0.3) is 5.91 Å². The SMILES string of the molecule is CSC1CCC(NC(=O)c2cc(C)c(C#CCCO)s2)C1. The first kappa shape index (κ1) is 16.4. The number of carbonyl (C=O) groups is 1. The largest absolute Gasteiger partial charge is 0.395 e. The van der Waals surface area contributed by atoms with Gasteiger partial charge in [-0.05, 0) is 44.1 Å². The van der Waals surface area contributed by atoms with Crippen LogP contribution in [0, 0.1) is 18.8 Å². The predicted molar refractivity (Wildman–Crippen MR) is 90.0 cm³/mol. The third kappa shape index (κ3) is 4.50. The number of carbonyl (C=O) groups excluding carboxylic acids is 1. The van der Waals surface area contributed by atoms with Crippen molar-refractivity contribution in [1.29, 1.82) is 0 Å². The molecule has 0 bridgehead atoms. The molecule has 1 aromatic rings. The Kier molecular flexibility index (Phi) is 6.16. The lowest BCUT2D eigenvalue weighted by molar-refractivity contribution is 0.0942. The molecule has 5 heteroatoms. The van der Waals surface area contributed by atoms with E-state index in [-0.39, 0.29) is 12.5 Å². The number of hydrogen-bond acceptors (Lipinski definition) is 4. The van der Waals surface area contributed by atoms with E-state index in [2.05, 4.69) is 23.4 Å². The van der Waals surface area contributed by atoms with Gasteiger partial charge in [-0.2, -0.15) is 11.8 Å². The summed E-state index contributed by atoms with van der Waals surface area (Å²) >= 11 is 3.32. The molecule has 2 unspecified atom stereocenters. The number of thioether (sulfide) groups is 1. The molecule has 1 aromatic heterocycles. The van der Waals surface area contributed by atoms with Crippen molar-refractivity contribution in [2.24, 2.45) is 0 Å². The van der Waals surface area contributed by atoms with Crippen molar-refractivity contribution >= 4 is 29.0 Å². The maximum absolute atomic E-state index is 12.3. The average Bonchev–Trinajstić information content (AvgIpc) is 3.06. The number of aliphatic hydroxyl groups excluding tert-OH is 1. The van der Waals surface area contributed by atoms with Gasteiger partial charge in [0.05, 0.1) is 16.4 Å². The van der Waals surface area contributed by atoms with Crippen LogP contribution in [0.25, 0.3) is 0 Å². The predicted octanol–water partition coefficient (Wildman–Crippen LogP) is 2.80. The van der Waals surface area contributed by atoms with Gasteiger partial charge in [0.15, 0.2) is 0 Å². The summed E-state index contributed by atoms with van der Waals surface area (Å²) in [6.45, 7) is 2.04. The minimum atomic E-state index is 0.0186. The van der Waals surface area contributed by atoms with Crippen molar-refractivity contribution in [3.63, 3.8) is 0 Å². The lowest BCUT2D eigenvalue weighted by Gasteiger charge is -2.11. The van der Waals surface area contributed by atoms with Gasteiger partial charge in [-0.3, -0.25) is 4.79 Å². The molecule has 2 N–H and O–H groups in total. The second kappa shape index (κ2) is 7.88. The van der Waals surface area contributed by atoms with E-state index in [1.165, 1.54) is 17.8 Å². The zero-order valence-corrected chi connectivity index (χ0v) is 14.1. The molecule has 0 aromatic carbocycles. The summed E-state index contributed by atoms with van der Waals surface area (Å²) in [4.78, 5) is 13.9. The molecule has 1 fully saturated rings. The Hall–Kier alpha value is -0.960. The highest BCUT2D eigenvalue weighted by Gasteiger charge is 2.26. The fraction of sp³-hybridized carbons (Fsp3) is 0.562. The fourth-order valence-corrected chi connectivity index (χ4v) is 4.21. The van der Waals surface area contributed by atoms with Crippen LogP contribution in [0.3, 0.4) is 0 Å². The van der Waals surface area contributed by atoms with E-state index >= 15 is 0 Å². The van der Waals surface area contributed by atoms with Crippen LogP contribution in [0.4, 0.5) is 0 Å². The Balaban J connectivity index is 1.97. The molecule has 0 saturated heterocycles. The zero-order valence-electron chi connectivity index (χ0n) is 12.4. The molecular weight excluding hydrogens is 302 g/mol. The van der Waals surface area contributed by atoms with E-state index in [9.17, 15) is 4.79 Å². The summed E-state index contributed by atoms with van der Waals surface area (Å²) in [5.74, 6) is 5.95. The van der Waals surface area contributed by atoms with Crippen molar-refractivity contribution < 1.29 is 9.90 Å². The first-order chi connectivity index (χ1) is 10.1. The number of aryl methyl sites for hydroxylation is 1. The van der Waals surface area contributed by atoms with Crippen molar-refractivity contribution in [2.75, 3.05) is 12.9 Å². The monoisotopic (exact) mass is 323 g/mol. The summed E-state index contributed by atoms with van der Waals surface area (Å²) < 4.78 is 0. The Morgan fingerprint density at radius 3 is 3.05 bits per heavy atom. The lowest BCUT2D eigenvalue weighted by Crippen LogP contribution is -2.32. The van der Waals surface area contributed by atoms with Gasteiger partial charge in [-0.25, -0.2) is 0 Å². The van der Waals surface area contributed by atoms with Crippen LogP contribution < -0.4 is 5.32 Å². The van der Waals surface area contributed by atoms with Gasteiger partial charge in [0, 0.05) is 17.7 Å². The van der Waals surface area contributed by atoms with Gasteiger partial charge < -0.3 is 10.4 Å². The van der Waals surface area contributed by atoms with Gasteiger partial charge in [0.2, 0.25) is 0 Å². The van der Waals surface area contributed by atoms with Gasteiger partial charge in [-0.1, -0.05) is 11.8 Å². The summed E-state index contributed by atoms with van der Waals surface area (Å²) in [5.41, 5.74) is 1.03. The summed E-state index contributed by atoms with van der Waals surface area (Å²) in [5, 5.41) is 12.6. The number of aliphatic hydroxyl groups is 1. The van der Waals surface area contributed by atoms with E-state index in [1.54, 1.807) is 0 Å². The van der Waals surface area contributed by atoms with Crippen LogP contribution in [-0.2, 0) is 0 Å². The first-order valence-corrected chi connectivity index (χ1v) is 9.28. The molecule has 2 rings (SSSR count). The van der Waals surface area contributed by atoms with E-state index in [0.717, 1.165) is 28.2 Å². The van der Waals surface area contributed by atoms with Crippen LogP contribution in [-0.4, -0.2) is 35.2 Å². The van der Waals surface area contributed by atoms with Crippen LogP contribution in [0.15, 0.2) is 6.07 Å². The van der Waals surface area contributed by atoms with Gasteiger partial charge >= 0.3 is 0 Å². The molecule has 114 valence electrons. The molecule has 2 atom stereocenters. The smallest absolute Gasteiger partial charge is 0.261 e. The Morgan fingerprint density at radius 1 is 1.57 bits per heavy atom. The normalized spacial score (nSPS) is 20.9. The van der Waals surface area contributed by atoms with Gasteiger partial charge in [0.1, 0.15) is 0 Å². The van der Waals surface area contributed by atoms with E-state index in [4.69, 9.17) is 5.11 Å². The lowest BCUT2D eigenvalue weighted by atomic mass is 10.2. The van der Waals surface area contributed by atoms with E-state index in [1.807, 2.05) is 24.8 Å². The number of hydrogen-bond donors (Lipinski definition) is 2. The van der Waals surface area contributed by atoms with Crippen LogP contribution in [0.2, 0.25) is 0 Å². The summed E-state index contributed by atoms with van der Waals surface area (Å²) in [7, 11) is 0. The fourth-order valence-electron chi connectivity index (χ4n) is 2.46. The van der Waals surface area contributed by atoms with Crippen LogP contribution >= 0.6 is 23.1 Å². The standard InChI is InChI=1S/C16H21NO2S2/c1-11-9-15(21-14(11)5-3-4-8-18)16(19)17-12-6-7-13(10-12)20-2/h9,12-13,18H,4,6-8,10H2,1-2H3,(H,17,19). The Morgan fingerprint density at radius 2 is 2.38 bits per heavy atom. The summed E-state index contributed by atoms with van der Waals surface area (Å²) in [6, 6.07) is 2.21. The Labute approximate surface area is 134 Å². The molecule has 0 radical (unpaired) electrons. The third-order valence-corrected chi connectivity index (χ3v) is 5.88. The highest BCUT2D eigenvalue weighted by Crippen LogP contribution is 2.29. The maximum atomic E-state index is 12.3. The molecule has 1 aliphatic carbocycles. The quantitative estimate of drug-likeness (QED) is 0.838. The third-order valence-electron chi connectivity index (χ3n) is 3.63. The van der Waals surface area contributed by atoms with Crippen molar-refractivity contribution in [1.82, 2.24) is 5.32 Å². The molecule has 1 amide bonds. The second-order valence-corrected chi connectivity index (χ2v) is 7.43. The average molecular weight is 323 g/mol. The molecule has 1 saturated carbocycles. The van der Waals surface area contributed by atoms with E-state index < -0.39 is 0 Å². The summed E-state index contributed by atoms with van der Waals surface area (Å²) in [6.07, 6.45) is 5.94. The molecule has 3 nitrogen and oxygen atoms in total. The molecule has 0 spiro atoms. The molecule has 21 heavy (non-hydrogen) atoms. The van der Waals surface area contributed by atoms with Gasteiger partial charge in [-0.15, -0.1) is 11.3 Å². The second-order valence-electron chi connectivity index (χ2n) is 5.24. The van der Waals surface area contributed by atoms with Crippen LogP contribution in [0.5, 0.6) is 0 Å². The molecule has 1 heterocycles. The maximum Gasteiger partial charge on any atom is 0.261 e.